The molecule has 2 heterocycles. The molecule has 1 amide bonds. The third kappa shape index (κ3) is 2.70. The molecule has 1 aliphatic rings. The highest BCUT2D eigenvalue weighted by Crippen LogP contribution is 2.18. The van der Waals surface area contributed by atoms with Gasteiger partial charge in [0.1, 0.15) is 5.69 Å². The van der Waals surface area contributed by atoms with Gasteiger partial charge in [-0.25, -0.2) is 4.98 Å². The number of nitrogens with one attached hydrogen (secondary N) is 1. The predicted molar refractivity (Wildman–Crippen MR) is 69.9 cm³/mol. The fourth-order valence-corrected chi connectivity index (χ4v) is 2.80. The molecule has 1 atom stereocenters. The number of thioether (sulfide) groups is 1. The van der Waals surface area contributed by atoms with E-state index in [4.69, 9.17) is 5.84 Å². The summed E-state index contributed by atoms with van der Waals surface area (Å²) in [5.41, 5.74) is 3.66. The molecule has 1 saturated heterocycles. The number of hydrogen-bond donors (Lipinski definition) is 2. The van der Waals surface area contributed by atoms with Gasteiger partial charge in [0.15, 0.2) is 0 Å². The molecule has 6 heteroatoms. The van der Waals surface area contributed by atoms with E-state index in [0.29, 0.717) is 11.4 Å². The van der Waals surface area contributed by atoms with Crippen molar-refractivity contribution in [3.63, 3.8) is 0 Å². The van der Waals surface area contributed by atoms with Crippen LogP contribution in [0.15, 0.2) is 18.3 Å². The van der Waals surface area contributed by atoms with Crippen LogP contribution < -0.4 is 11.3 Å². The van der Waals surface area contributed by atoms with Crippen molar-refractivity contribution in [1.82, 2.24) is 9.88 Å². The summed E-state index contributed by atoms with van der Waals surface area (Å²) in [6.07, 6.45) is 1.57. The largest absolute Gasteiger partial charge is 0.333 e. The second kappa shape index (κ2) is 5.37. The summed E-state index contributed by atoms with van der Waals surface area (Å²) in [5, 5.41) is 0. The monoisotopic (exact) mass is 252 g/mol. The van der Waals surface area contributed by atoms with Gasteiger partial charge in [0.05, 0.1) is 11.9 Å². The zero-order chi connectivity index (χ0) is 12.3. The smallest absolute Gasteiger partial charge is 0.272 e. The Morgan fingerprint density at radius 3 is 3.06 bits per heavy atom. The molecule has 1 aliphatic heterocycles. The minimum atomic E-state index is 0.00127. The van der Waals surface area contributed by atoms with Gasteiger partial charge < -0.3 is 10.3 Å². The molecule has 92 valence electrons. The molecule has 1 aromatic heterocycles. The number of aromatic nitrogens is 1. The lowest BCUT2D eigenvalue weighted by Crippen LogP contribution is -2.44. The molecular formula is C11H16N4OS. The first-order valence-corrected chi connectivity index (χ1v) is 6.69. The molecule has 0 aliphatic carbocycles. The highest BCUT2D eigenvalue weighted by Gasteiger charge is 2.25. The Hall–Kier alpha value is -1.27. The van der Waals surface area contributed by atoms with Gasteiger partial charge in [-0.3, -0.25) is 10.6 Å². The lowest BCUT2D eigenvalue weighted by Gasteiger charge is -2.32. The number of pyridine rings is 1. The molecule has 0 radical (unpaired) electrons. The number of carbonyl (C=O) groups is 1. The lowest BCUT2D eigenvalue weighted by atomic mass is 10.2. The molecule has 0 saturated carbocycles. The van der Waals surface area contributed by atoms with Crippen molar-refractivity contribution in [3.05, 3.63) is 24.0 Å². The summed E-state index contributed by atoms with van der Waals surface area (Å²) in [7, 11) is 0. The fraction of sp³-hybridized carbons (Fsp3) is 0.455. The van der Waals surface area contributed by atoms with Crippen LogP contribution >= 0.6 is 11.8 Å². The van der Waals surface area contributed by atoms with E-state index in [0.717, 1.165) is 18.1 Å². The van der Waals surface area contributed by atoms with Crippen LogP contribution in [0.5, 0.6) is 0 Å². The summed E-state index contributed by atoms with van der Waals surface area (Å²) in [4.78, 5) is 18.2. The Balaban J connectivity index is 2.12. The van der Waals surface area contributed by atoms with Crippen LogP contribution in [0.3, 0.4) is 0 Å². The van der Waals surface area contributed by atoms with Gasteiger partial charge >= 0.3 is 0 Å². The predicted octanol–water partition coefficient (Wildman–Crippen LogP) is 0.945. The highest BCUT2D eigenvalue weighted by atomic mass is 32.2. The van der Waals surface area contributed by atoms with E-state index < -0.39 is 0 Å². The standard InChI is InChI=1S/C11H16N4OS/c1-8-7-17-5-4-15(8)11(16)10-3-2-9(14-12)6-13-10/h2-3,6,8,14H,4-5,7,12H2,1H3. The minimum Gasteiger partial charge on any atom is -0.333 e. The SMILES string of the molecule is CC1CSCCN1C(=O)c1ccc(NN)cn1. The van der Waals surface area contributed by atoms with Crippen molar-refractivity contribution in [2.75, 3.05) is 23.5 Å². The van der Waals surface area contributed by atoms with E-state index in [2.05, 4.69) is 17.3 Å². The normalized spacial score (nSPS) is 20.1. The number of rotatable bonds is 2. The number of nitrogen functional groups attached to an aromatic ring is 1. The van der Waals surface area contributed by atoms with E-state index >= 15 is 0 Å². The minimum absolute atomic E-state index is 0.00127. The second-order valence-electron chi connectivity index (χ2n) is 4.00. The summed E-state index contributed by atoms with van der Waals surface area (Å²) in [6, 6.07) is 3.73. The third-order valence-corrected chi connectivity index (χ3v) is 3.97. The van der Waals surface area contributed by atoms with E-state index in [1.54, 1.807) is 18.3 Å². The zero-order valence-corrected chi connectivity index (χ0v) is 10.5. The van der Waals surface area contributed by atoms with Crippen LogP contribution in [0, 0.1) is 0 Å². The average molecular weight is 252 g/mol. The number of hydrazine groups is 1. The van der Waals surface area contributed by atoms with Crippen molar-refractivity contribution >= 4 is 23.4 Å². The molecule has 1 fully saturated rings. The fourth-order valence-electron chi connectivity index (χ4n) is 1.78. The van der Waals surface area contributed by atoms with E-state index in [1.165, 1.54) is 0 Å². The van der Waals surface area contributed by atoms with E-state index in [9.17, 15) is 4.79 Å². The molecule has 17 heavy (non-hydrogen) atoms. The number of nitrogens with zero attached hydrogens (tertiary/aromatic N) is 2. The molecule has 0 bridgehead atoms. The Bertz CT molecular complexity index is 395. The summed E-state index contributed by atoms with van der Waals surface area (Å²) in [6.45, 7) is 2.86. The number of carbonyl (C=O) groups excluding carboxylic acids is 1. The molecule has 1 unspecified atom stereocenters. The third-order valence-electron chi connectivity index (χ3n) is 2.78. The highest BCUT2D eigenvalue weighted by molar-refractivity contribution is 7.99. The van der Waals surface area contributed by atoms with Crippen LogP contribution in [-0.2, 0) is 0 Å². The Morgan fingerprint density at radius 1 is 1.65 bits per heavy atom. The number of hydrogen-bond acceptors (Lipinski definition) is 5. The van der Waals surface area contributed by atoms with Crippen molar-refractivity contribution < 1.29 is 4.79 Å². The molecule has 3 N–H and O–H groups in total. The number of amides is 1. The van der Waals surface area contributed by atoms with Crippen molar-refractivity contribution in [1.29, 1.82) is 0 Å². The molecular weight excluding hydrogens is 236 g/mol. The van der Waals surface area contributed by atoms with Gasteiger partial charge in [-0.05, 0) is 19.1 Å². The Morgan fingerprint density at radius 2 is 2.47 bits per heavy atom. The van der Waals surface area contributed by atoms with Crippen LogP contribution in [-0.4, -0.2) is 39.9 Å². The maximum atomic E-state index is 12.2. The molecule has 5 nitrogen and oxygen atoms in total. The molecule has 2 rings (SSSR count). The average Bonchev–Trinajstić information content (AvgIpc) is 2.39. The zero-order valence-electron chi connectivity index (χ0n) is 9.72. The van der Waals surface area contributed by atoms with E-state index in [1.807, 2.05) is 16.7 Å². The Kier molecular flexibility index (Phi) is 3.86. The van der Waals surface area contributed by atoms with Crippen LogP contribution in [0.2, 0.25) is 0 Å². The first kappa shape index (κ1) is 12.2. The first-order valence-electron chi connectivity index (χ1n) is 5.53. The first-order chi connectivity index (χ1) is 8.22. The van der Waals surface area contributed by atoms with Crippen molar-refractivity contribution in [2.24, 2.45) is 5.84 Å². The van der Waals surface area contributed by atoms with Crippen LogP contribution in [0.1, 0.15) is 17.4 Å². The maximum absolute atomic E-state index is 12.2. The maximum Gasteiger partial charge on any atom is 0.272 e. The number of nitrogens with two attached hydrogens (primary N) is 1. The summed E-state index contributed by atoms with van der Waals surface area (Å²) < 4.78 is 0. The number of anilines is 1. The van der Waals surface area contributed by atoms with Gasteiger partial charge in [0.25, 0.3) is 5.91 Å². The van der Waals surface area contributed by atoms with Gasteiger partial charge in [0.2, 0.25) is 0 Å². The lowest BCUT2D eigenvalue weighted by molar-refractivity contribution is 0.0710. The molecule has 0 spiro atoms. The molecule has 0 aromatic carbocycles. The van der Waals surface area contributed by atoms with Gasteiger partial charge in [-0.2, -0.15) is 11.8 Å². The quantitative estimate of drug-likeness (QED) is 0.605. The van der Waals surface area contributed by atoms with Crippen LogP contribution in [0.25, 0.3) is 0 Å². The topological polar surface area (TPSA) is 71.2 Å². The van der Waals surface area contributed by atoms with Gasteiger partial charge in [0, 0.05) is 24.1 Å². The van der Waals surface area contributed by atoms with Crippen molar-refractivity contribution in [2.45, 2.75) is 13.0 Å². The Labute approximate surface area is 105 Å². The molecule has 1 aromatic rings. The van der Waals surface area contributed by atoms with Crippen LogP contribution in [0.4, 0.5) is 5.69 Å². The second-order valence-corrected chi connectivity index (χ2v) is 5.15. The summed E-state index contributed by atoms with van der Waals surface area (Å²) in [5.74, 6) is 7.25. The van der Waals surface area contributed by atoms with Crippen molar-refractivity contribution in [3.8, 4) is 0 Å². The van der Waals surface area contributed by atoms with Gasteiger partial charge in [-0.15, -0.1) is 0 Å². The van der Waals surface area contributed by atoms with Gasteiger partial charge in [-0.1, -0.05) is 0 Å². The summed E-state index contributed by atoms with van der Waals surface area (Å²) >= 11 is 1.88. The van der Waals surface area contributed by atoms with E-state index in [-0.39, 0.29) is 11.9 Å².